The summed E-state index contributed by atoms with van der Waals surface area (Å²) in [6, 6.07) is 13.9. The Hall–Kier alpha value is -2.14. The van der Waals surface area contributed by atoms with Gasteiger partial charge in [-0.3, -0.25) is 0 Å². The summed E-state index contributed by atoms with van der Waals surface area (Å²) in [5, 5.41) is 6.89. The molecule has 0 bridgehead atoms. The highest BCUT2D eigenvalue weighted by Crippen LogP contribution is 2.13. The van der Waals surface area contributed by atoms with Crippen molar-refractivity contribution in [2.75, 3.05) is 12.4 Å². The van der Waals surface area contributed by atoms with Gasteiger partial charge in [0.2, 0.25) is 5.88 Å². The number of nitrogens with one attached hydrogen (secondary N) is 2. The van der Waals surface area contributed by atoms with Gasteiger partial charge >= 0.3 is 0 Å². The highest BCUT2D eigenvalue weighted by Gasteiger charge is 2.06. The van der Waals surface area contributed by atoms with E-state index in [0.29, 0.717) is 11.0 Å². The van der Waals surface area contributed by atoms with Crippen LogP contribution in [0.3, 0.4) is 0 Å². The van der Waals surface area contributed by atoms with Crippen molar-refractivity contribution < 1.29 is 4.74 Å². The normalized spacial score (nSPS) is 11.5. The maximum absolute atomic E-state index is 5.29. The van der Waals surface area contributed by atoms with Gasteiger partial charge in [-0.15, -0.1) is 0 Å². The predicted octanol–water partition coefficient (Wildman–Crippen LogP) is 3.14. The fraction of sp³-hybridized carbons (Fsp3) is 0.200. The van der Waals surface area contributed by atoms with Crippen molar-refractivity contribution >= 4 is 23.0 Å². The van der Waals surface area contributed by atoms with Gasteiger partial charge in [-0.25, -0.2) is 4.98 Å². The Morgan fingerprint density at radius 2 is 1.95 bits per heavy atom. The summed E-state index contributed by atoms with van der Waals surface area (Å²) < 4.78 is 5.01. The van der Waals surface area contributed by atoms with Crippen molar-refractivity contribution in [2.24, 2.45) is 0 Å². The van der Waals surface area contributed by atoms with Crippen LogP contribution in [-0.4, -0.2) is 17.2 Å². The van der Waals surface area contributed by atoms with E-state index in [4.69, 9.17) is 17.0 Å². The third-order valence-corrected chi connectivity index (χ3v) is 3.07. The molecule has 0 aliphatic heterocycles. The average Bonchev–Trinajstić information content (AvgIpc) is 2.49. The lowest BCUT2D eigenvalue weighted by atomic mass is 10.1. The van der Waals surface area contributed by atoms with Crippen LogP contribution in [0.5, 0.6) is 5.88 Å². The molecule has 0 aliphatic carbocycles. The zero-order chi connectivity index (χ0) is 14.4. The Morgan fingerprint density at radius 1 is 1.20 bits per heavy atom. The second-order valence-corrected chi connectivity index (χ2v) is 4.73. The minimum atomic E-state index is 0.141. The van der Waals surface area contributed by atoms with Gasteiger partial charge in [0.1, 0.15) is 0 Å². The zero-order valence-electron chi connectivity index (χ0n) is 11.5. The fourth-order valence-corrected chi connectivity index (χ4v) is 2.06. The molecular weight excluding hydrogens is 270 g/mol. The van der Waals surface area contributed by atoms with Crippen LogP contribution in [0.2, 0.25) is 0 Å². The van der Waals surface area contributed by atoms with Crippen LogP contribution in [0.25, 0.3) is 0 Å². The first-order chi connectivity index (χ1) is 9.69. The molecule has 0 amide bonds. The van der Waals surface area contributed by atoms with Crippen molar-refractivity contribution in [3.05, 3.63) is 54.2 Å². The highest BCUT2D eigenvalue weighted by atomic mass is 32.1. The summed E-state index contributed by atoms with van der Waals surface area (Å²) in [5.74, 6) is 0.576. The number of pyridine rings is 1. The van der Waals surface area contributed by atoms with E-state index in [2.05, 4.69) is 34.7 Å². The molecule has 2 aromatic rings. The molecule has 0 unspecified atom stereocenters. The molecule has 0 spiro atoms. The van der Waals surface area contributed by atoms with Gasteiger partial charge in [-0.2, -0.15) is 0 Å². The lowest BCUT2D eigenvalue weighted by molar-refractivity contribution is 0.398. The van der Waals surface area contributed by atoms with Crippen LogP contribution in [-0.2, 0) is 0 Å². The first-order valence-corrected chi connectivity index (χ1v) is 6.72. The van der Waals surface area contributed by atoms with Crippen molar-refractivity contribution in [3.63, 3.8) is 0 Å². The molecule has 4 nitrogen and oxygen atoms in total. The SMILES string of the molecule is COc1ccc(NC(=S)N[C@H](C)c2ccccc2)cn1. The van der Waals surface area contributed by atoms with Gasteiger partial charge in [0.25, 0.3) is 0 Å². The Labute approximate surface area is 124 Å². The van der Waals surface area contributed by atoms with Crippen LogP contribution in [0.4, 0.5) is 5.69 Å². The lowest BCUT2D eigenvalue weighted by Crippen LogP contribution is -2.30. The van der Waals surface area contributed by atoms with Crippen LogP contribution in [0.15, 0.2) is 48.7 Å². The summed E-state index contributed by atoms with van der Waals surface area (Å²) in [6.07, 6.45) is 1.68. The van der Waals surface area contributed by atoms with Crippen molar-refractivity contribution in [1.29, 1.82) is 0 Å². The molecule has 0 aliphatic rings. The quantitative estimate of drug-likeness (QED) is 0.846. The van der Waals surface area contributed by atoms with Crippen molar-refractivity contribution in [3.8, 4) is 5.88 Å². The number of rotatable bonds is 4. The van der Waals surface area contributed by atoms with Crippen molar-refractivity contribution in [2.45, 2.75) is 13.0 Å². The molecule has 104 valence electrons. The number of methoxy groups -OCH3 is 1. The summed E-state index contributed by atoms with van der Waals surface area (Å²) in [6.45, 7) is 2.07. The van der Waals surface area contributed by atoms with E-state index in [1.54, 1.807) is 19.4 Å². The molecule has 5 heteroatoms. The number of benzene rings is 1. The van der Waals surface area contributed by atoms with Gasteiger partial charge in [0, 0.05) is 6.07 Å². The van der Waals surface area contributed by atoms with E-state index in [0.717, 1.165) is 5.69 Å². The fourth-order valence-electron chi connectivity index (χ4n) is 1.76. The molecule has 0 radical (unpaired) electrons. The van der Waals surface area contributed by atoms with Crippen LogP contribution >= 0.6 is 12.2 Å². The van der Waals surface area contributed by atoms with E-state index in [-0.39, 0.29) is 6.04 Å². The second kappa shape index (κ2) is 6.86. The Morgan fingerprint density at radius 3 is 2.55 bits per heavy atom. The van der Waals surface area contributed by atoms with Crippen LogP contribution in [0, 0.1) is 0 Å². The number of anilines is 1. The number of nitrogens with zero attached hydrogens (tertiary/aromatic N) is 1. The second-order valence-electron chi connectivity index (χ2n) is 4.32. The van der Waals surface area contributed by atoms with E-state index in [1.807, 2.05) is 24.3 Å². The number of aromatic nitrogens is 1. The highest BCUT2D eigenvalue weighted by molar-refractivity contribution is 7.80. The first kappa shape index (κ1) is 14.3. The van der Waals surface area contributed by atoms with Gasteiger partial charge < -0.3 is 15.4 Å². The Balaban J connectivity index is 1.91. The van der Waals surface area contributed by atoms with E-state index in [9.17, 15) is 0 Å². The molecule has 0 fully saturated rings. The zero-order valence-corrected chi connectivity index (χ0v) is 12.3. The molecule has 20 heavy (non-hydrogen) atoms. The number of hydrogen-bond donors (Lipinski definition) is 2. The summed E-state index contributed by atoms with van der Waals surface area (Å²) in [5.41, 5.74) is 2.01. The number of ether oxygens (including phenoxy) is 1. The monoisotopic (exact) mass is 287 g/mol. The minimum Gasteiger partial charge on any atom is -0.481 e. The molecular formula is C15H17N3OS. The maximum atomic E-state index is 5.29. The molecule has 2 N–H and O–H groups in total. The van der Waals surface area contributed by atoms with E-state index < -0.39 is 0 Å². The van der Waals surface area contributed by atoms with Gasteiger partial charge in [-0.05, 0) is 30.8 Å². The molecule has 1 heterocycles. The number of thiocarbonyl (C=S) groups is 1. The van der Waals surface area contributed by atoms with Gasteiger partial charge in [0.05, 0.1) is 25.0 Å². The Bertz CT molecular complexity index is 557. The smallest absolute Gasteiger partial charge is 0.213 e. The molecule has 1 atom stereocenters. The minimum absolute atomic E-state index is 0.141. The lowest BCUT2D eigenvalue weighted by Gasteiger charge is -2.17. The van der Waals surface area contributed by atoms with Gasteiger partial charge in [0.15, 0.2) is 5.11 Å². The van der Waals surface area contributed by atoms with Gasteiger partial charge in [-0.1, -0.05) is 30.3 Å². The first-order valence-electron chi connectivity index (χ1n) is 6.31. The Kier molecular flexibility index (Phi) is 4.90. The largest absolute Gasteiger partial charge is 0.481 e. The topological polar surface area (TPSA) is 46.2 Å². The average molecular weight is 287 g/mol. The summed E-state index contributed by atoms with van der Waals surface area (Å²) in [7, 11) is 1.59. The maximum Gasteiger partial charge on any atom is 0.213 e. The van der Waals surface area contributed by atoms with Crippen LogP contribution < -0.4 is 15.4 Å². The predicted molar refractivity (Wildman–Crippen MR) is 85.0 cm³/mol. The summed E-state index contributed by atoms with van der Waals surface area (Å²) >= 11 is 5.29. The number of hydrogen-bond acceptors (Lipinski definition) is 3. The standard InChI is InChI=1S/C15H17N3OS/c1-11(12-6-4-3-5-7-12)17-15(20)18-13-8-9-14(19-2)16-10-13/h3-11H,1-2H3,(H2,17,18,20)/t11-/m1/s1. The third-order valence-electron chi connectivity index (χ3n) is 2.85. The molecule has 1 aromatic carbocycles. The molecule has 1 aromatic heterocycles. The van der Waals surface area contributed by atoms with Crippen LogP contribution in [0.1, 0.15) is 18.5 Å². The molecule has 2 rings (SSSR count). The van der Waals surface area contributed by atoms with E-state index >= 15 is 0 Å². The summed E-state index contributed by atoms with van der Waals surface area (Å²) in [4.78, 5) is 4.12. The third kappa shape index (κ3) is 3.93. The van der Waals surface area contributed by atoms with E-state index in [1.165, 1.54) is 5.56 Å². The van der Waals surface area contributed by atoms with Crippen molar-refractivity contribution in [1.82, 2.24) is 10.3 Å². The molecule has 0 saturated heterocycles. The molecule has 0 saturated carbocycles.